The van der Waals surface area contributed by atoms with E-state index in [0.717, 1.165) is 48.0 Å². The molecule has 130 valence electrons. The van der Waals surface area contributed by atoms with Crippen LogP contribution in [0.15, 0.2) is 77.4 Å². The first-order chi connectivity index (χ1) is 12.2. The summed E-state index contributed by atoms with van der Waals surface area (Å²) < 4.78 is 14.9. The molecule has 3 rings (SSSR count). The molecule has 0 radical (unpaired) electrons. The Morgan fingerprint density at radius 3 is 2.40 bits per heavy atom. The fourth-order valence-electron chi connectivity index (χ4n) is 3.48. The highest BCUT2D eigenvalue weighted by molar-refractivity contribution is 5.71. The smallest absolute Gasteiger partial charge is 0.129 e. The summed E-state index contributed by atoms with van der Waals surface area (Å²) in [4.78, 5) is 0. The van der Waals surface area contributed by atoms with Crippen molar-refractivity contribution in [3.8, 4) is 0 Å². The van der Waals surface area contributed by atoms with Crippen LogP contribution in [0.4, 0.5) is 4.39 Å². The third-order valence-corrected chi connectivity index (χ3v) is 5.01. The predicted octanol–water partition coefficient (Wildman–Crippen LogP) is 6.91. The summed E-state index contributed by atoms with van der Waals surface area (Å²) in [6, 6.07) is 8.51. The van der Waals surface area contributed by atoms with E-state index >= 15 is 0 Å². The molecule has 1 aromatic carbocycles. The second kappa shape index (κ2) is 8.29. The Bertz CT molecular complexity index is 754. The third kappa shape index (κ3) is 4.28. The van der Waals surface area contributed by atoms with Crippen molar-refractivity contribution in [3.63, 3.8) is 0 Å². The Hall–Kier alpha value is -2.15. The molecule has 0 saturated carbocycles. The average Bonchev–Trinajstić information content (AvgIpc) is 2.88. The van der Waals surface area contributed by atoms with Gasteiger partial charge >= 0.3 is 0 Å². The van der Waals surface area contributed by atoms with Crippen LogP contribution in [0, 0.1) is 0 Å². The molecule has 1 atom stereocenters. The van der Waals surface area contributed by atoms with Crippen molar-refractivity contribution in [3.05, 3.63) is 88.6 Å². The number of aryl methyl sites for hydroxylation is 1. The summed E-state index contributed by atoms with van der Waals surface area (Å²) in [5.74, 6) is 0. The fourth-order valence-corrected chi connectivity index (χ4v) is 3.48. The van der Waals surface area contributed by atoms with E-state index < -0.39 is 6.17 Å². The van der Waals surface area contributed by atoms with Gasteiger partial charge in [-0.2, -0.15) is 0 Å². The predicted molar refractivity (Wildman–Crippen MR) is 106 cm³/mol. The molecule has 0 amide bonds. The van der Waals surface area contributed by atoms with Gasteiger partial charge < -0.3 is 0 Å². The molecular formula is C24H27F. The van der Waals surface area contributed by atoms with Crippen molar-refractivity contribution in [1.82, 2.24) is 0 Å². The number of hydrogen-bond donors (Lipinski definition) is 0. The van der Waals surface area contributed by atoms with E-state index in [0.29, 0.717) is 6.42 Å². The van der Waals surface area contributed by atoms with Gasteiger partial charge in [0.05, 0.1) is 0 Å². The zero-order valence-electron chi connectivity index (χ0n) is 15.3. The lowest BCUT2D eigenvalue weighted by atomic mass is 9.87. The average molecular weight is 334 g/mol. The molecule has 0 aliphatic heterocycles. The molecule has 0 aromatic heterocycles. The summed E-state index contributed by atoms with van der Waals surface area (Å²) in [5.41, 5.74) is 6.81. The number of rotatable bonds is 5. The van der Waals surface area contributed by atoms with E-state index in [2.05, 4.69) is 68.5 Å². The Labute approximate surface area is 151 Å². The van der Waals surface area contributed by atoms with Crippen molar-refractivity contribution >= 4 is 5.57 Å². The highest BCUT2D eigenvalue weighted by Crippen LogP contribution is 2.34. The number of alkyl halides is 1. The Kier molecular flexibility index (Phi) is 5.86. The molecule has 0 nitrogen and oxygen atoms in total. The Balaban J connectivity index is 1.82. The van der Waals surface area contributed by atoms with Crippen molar-refractivity contribution < 1.29 is 4.39 Å². The molecular weight excluding hydrogens is 307 g/mol. The van der Waals surface area contributed by atoms with Gasteiger partial charge in [0.2, 0.25) is 0 Å². The molecule has 1 unspecified atom stereocenters. The zero-order chi connectivity index (χ0) is 17.6. The maximum Gasteiger partial charge on any atom is 0.129 e. The Morgan fingerprint density at radius 1 is 0.960 bits per heavy atom. The largest absolute Gasteiger partial charge is 0.242 e. The van der Waals surface area contributed by atoms with E-state index in [1.807, 2.05) is 6.08 Å². The number of allylic oxidation sites excluding steroid dienone is 10. The SMILES string of the molecule is CCCC1=CC=C(C2=CC=C(c3ccc(CC)cc3)CC2F)CC=C1. The molecule has 0 N–H and O–H groups in total. The maximum atomic E-state index is 14.9. The van der Waals surface area contributed by atoms with E-state index in [1.165, 1.54) is 11.1 Å². The van der Waals surface area contributed by atoms with Gasteiger partial charge in [0.15, 0.2) is 0 Å². The molecule has 0 saturated heterocycles. The van der Waals surface area contributed by atoms with Crippen LogP contribution in [0.25, 0.3) is 5.57 Å². The standard InChI is InChI=1S/C24H27F/c1-3-6-19-7-5-8-21(14-11-19)23-16-15-22(17-24(23)25)20-12-9-18(4-2)10-13-20/h5,7,9-16,24H,3-4,6,8,17H2,1-2H3. The number of benzene rings is 1. The van der Waals surface area contributed by atoms with Crippen molar-refractivity contribution in [2.24, 2.45) is 0 Å². The van der Waals surface area contributed by atoms with E-state index in [9.17, 15) is 4.39 Å². The number of hydrogen-bond acceptors (Lipinski definition) is 0. The van der Waals surface area contributed by atoms with Crippen molar-refractivity contribution in [2.45, 2.75) is 52.1 Å². The van der Waals surface area contributed by atoms with Gasteiger partial charge in [-0.3, -0.25) is 0 Å². The van der Waals surface area contributed by atoms with Crippen LogP contribution in [0.5, 0.6) is 0 Å². The topological polar surface area (TPSA) is 0 Å². The summed E-state index contributed by atoms with van der Waals surface area (Å²) in [7, 11) is 0. The highest BCUT2D eigenvalue weighted by atomic mass is 19.1. The second-order valence-electron chi connectivity index (χ2n) is 6.83. The molecule has 0 fully saturated rings. The molecule has 1 heteroatoms. The van der Waals surface area contributed by atoms with Crippen LogP contribution in [-0.2, 0) is 6.42 Å². The molecule has 2 aliphatic rings. The molecule has 25 heavy (non-hydrogen) atoms. The quantitative estimate of drug-likeness (QED) is 0.548. The first kappa shape index (κ1) is 17.7. The van der Waals surface area contributed by atoms with Gasteiger partial charge in [0.1, 0.15) is 6.17 Å². The first-order valence-corrected chi connectivity index (χ1v) is 9.42. The van der Waals surface area contributed by atoms with Crippen LogP contribution in [0.3, 0.4) is 0 Å². The molecule has 0 spiro atoms. The first-order valence-electron chi connectivity index (χ1n) is 9.42. The van der Waals surface area contributed by atoms with Gasteiger partial charge in [-0.25, -0.2) is 4.39 Å². The lowest BCUT2D eigenvalue weighted by Crippen LogP contribution is -2.11. The van der Waals surface area contributed by atoms with E-state index in [-0.39, 0.29) is 0 Å². The maximum absolute atomic E-state index is 14.9. The Morgan fingerprint density at radius 2 is 1.72 bits per heavy atom. The lowest BCUT2D eigenvalue weighted by molar-refractivity contribution is 0.389. The lowest BCUT2D eigenvalue weighted by Gasteiger charge is -2.21. The zero-order valence-corrected chi connectivity index (χ0v) is 15.3. The summed E-state index contributed by atoms with van der Waals surface area (Å²) >= 11 is 0. The summed E-state index contributed by atoms with van der Waals surface area (Å²) in [6.45, 7) is 4.33. The fraction of sp³-hybridized carbons (Fsp3) is 0.333. The third-order valence-electron chi connectivity index (χ3n) is 5.01. The van der Waals surface area contributed by atoms with Crippen LogP contribution in [0.1, 0.15) is 50.7 Å². The molecule has 2 aliphatic carbocycles. The van der Waals surface area contributed by atoms with Gasteiger partial charge in [0, 0.05) is 6.42 Å². The van der Waals surface area contributed by atoms with Crippen molar-refractivity contribution in [2.75, 3.05) is 0 Å². The monoisotopic (exact) mass is 334 g/mol. The van der Waals surface area contributed by atoms with Gasteiger partial charge in [-0.15, -0.1) is 0 Å². The molecule has 0 heterocycles. The normalized spacial score (nSPS) is 20.4. The summed E-state index contributed by atoms with van der Waals surface area (Å²) in [5, 5.41) is 0. The molecule has 1 aromatic rings. The van der Waals surface area contributed by atoms with Crippen LogP contribution in [0.2, 0.25) is 0 Å². The number of halogens is 1. The van der Waals surface area contributed by atoms with Crippen LogP contribution >= 0.6 is 0 Å². The van der Waals surface area contributed by atoms with E-state index in [1.54, 1.807) is 0 Å². The van der Waals surface area contributed by atoms with Crippen LogP contribution in [-0.4, -0.2) is 6.17 Å². The minimum absolute atomic E-state index is 0.462. The minimum atomic E-state index is -0.924. The second-order valence-corrected chi connectivity index (χ2v) is 6.83. The minimum Gasteiger partial charge on any atom is -0.242 e. The van der Waals surface area contributed by atoms with Gasteiger partial charge in [0.25, 0.3) is 0 Å². The summed E-state index contributed by atoms with van der Waals surface area (Å²) in [6.07, 6.45) is 16.3. The van der Waals surface area contributed by atoms with Gasteiger partial charge in [-0.1, -0.05) is 81.0 Å². The van der Waals surface area contributed by atoms with E-state index in [4.69, 9.17) is 0 Å². The highest BCUT2D eigenvalue weighted by Gasteiger charge is 2.22. The van der Waals surface area contributed by atoms with Crippen molar-refractivity contribution in [1.29, 1.82) is 0 Å². The van der Waals surface area contributed by atoms with Gasteiger partial charge in [-0.05, 0) is 52.7 Å². The molecule has 0 bridgehead atoms. The van der Waals surface area contributed by atoms with Crippen LogP contribution < -0.4 is 0 Å².